The molecule has 8 heteroatoms. The van der Waals surface area contributed by atoms with Gasteiger partial charge in [0.1, 0.15) is 4.90 Å². The highest BCUT2D eigenvalue weighted by atomic mass is 32.2. The summed E-state index contributed by atoms with van der Waals surface area (Å²) >= 11 is 1.23. The van der Waals surface area contributed by atoms with E-state index in [-0.39, 0.29) is 10.6 Å². The molecule has 0 saturated carbocycles. The molecule has 6 nitrogen and oxygen atoms in total. The first-order chi connectivity index (χ1) is 12.5. The summed E-state index contributed by atoms with van der Waals surface area (Å²) in [5.41, 5.74) is 0.462. The summed E-state index contributed by atoms with van der Waals surface area (Å²) in [5.74, 6) is 0. The Morgan fingerprint density at radius 2 is 1.46 bits per heavy atom. The van der Waals surface area contributed by atoms with E-state index in [1.165, 1.54) is 30.0 Å². The molecule has 0 saturated heterocycles. The maximum Gasteiger partial charge on any atom is 0.269 e. The Morgan fingerprint density at radius 1 is 0.846 bits per heavy atom. The molecule has 0 aromatic heterocycles. The molecule has 132 valence electrons. The highest BCUT2D eigenvalue weighted by Gasteiger charge is 2.19. The van der Waals surface area contributed by atoms with E-state index < -0.39 is 14.9 Å². The molecule has 0 unspecified atom stereocenters. The molecule has 0 heterocycles. The van der Waals surface area contributed by atoms with E-state index in [1.807, 2.05) is 0 Å². The standard InChI is InChI=1S/C18H14N2O4S2/c21-20(22)15-10-12-16(13-11-15)25-17-8-4-5-9-18(17)26(23,24)19-14-6-2-1-3-7-14/h1-13,19H. The van der Waals surface area contributed by atoms with Crippen LogP contribution >= 0.6 is 11.8 Å². The number of hydrogen-bond donors (Lipinski definition) is 1. The van der Waals surface area contributed by atoms with Gasteiger partial charge in [-0.2, -0.15) is 0 Å². The monoisotopic (exact) mass is 386 g/mol. The van der Waals surface area contributed by atoms with Crippen molar-refractivity contribution in [3.8, 4) is 0 Å². The zero-order valence-electron chi connectivity index (χ0n) is 13.4. The number of non-ortho nitro benzene ring substituents is 1. The lowest BCUT2D eigenvalue weighted by atomic mass is 10.3. The van der Waals surface area contributed by atoms with E-state index in [2.05, 4.69) is 4.72 Å². The van der Waals surface area contributed by atoms with Crippen molar-refractivity contribution in [3.63, 3.8) is 0 Å². The molecule has 0 radical (unpaired) electrons. The lowest BCUT2D eigenvalue weighted by Gasteiger charge is -2.12. The predicted molar refractivity (Wildman–Crippen MR) is 101 cm³/mol. The van der Waals surface area contributed by atoms with Gasteiger partial charge >= 0.3 is 0 Å². The van der Waals surface area contributed by atoms with Gasteiger partial charge in [0.2, 0.25) is 0 Å². The molecule has 0 aliphatic heterocycles. The van der Waals surface area contributed by atoms with Crippen LogP contribution in [0.1, 0.15) is 0 Å². The number of nitrogens with one attached hydrogen (secondary N) is 1. The summed E-state index contributed by atoms with van der Waals surface area (Å²) < 4.78 is 28.0. The van der Waals surface area contributed by atoms with Crippen LogP contribution in [-0.2, 0) is 10.0 Å². The van der Waals surface area contributed by atoms with Gasteiger partial charge in [0.15, 0.2) is 0 Å². The topological polar surface area (TPSA) is 89.3 Å². The molecule has 0 atom stereocenters. The Hall–Kier alpha value is -2.84. The first-order valence-corrected chi connectivity index (χ1v) is 9.85. The summed E-state index contributed by atoms with van der Waals surface area (Å²) in [7, 11) is -3.76. The fraction of sp³-hybridized carbons (Fsp3) is 0. The van der Waals surface area contributed by atoms with E-state index in [0.29, 0.717) is 15.5 Å². The lowest BCUT2D eigenvalue weighted by Crippen LogP contribution is -2.13. The van der Waals surface area contributed by atoms with Gasteiger partial charge in [-0.25, -0.2) is 8.42 Å². The first-order valence-electron chi connectivity index (χ1n) is 7.55. The third-order valence-corrected chi connectivity index (χ3v) is 6.09. The largest absolute Gasteiger partial charge is 0.280 e. The van der Waals surface area contributed by atoms with E-state index >= 15 is 0 Å². The summed E-state index contributed by atoms with van der Waals surface area (Å²) in [6.45, 7) is 0. The third kappa shape index (κ3) is 4.22. The summed E-state index contributed by atoms with van der Waals surface area (Å²) in [4.78, 5) is 11.6. The minimum Gasteiger partial charge on any atom is -0.280 e. The number of hydrogen-bond acceptors (Lipinski definition) is 5. The smallest absolute Gasteiger partial charge is 0.269 e. The normalized spacial score (nSPS) is 11.1. The first kappa shape index (κ1) is 18.0. The van der Waals surface area contributed by atoms with Gasteiger partial charge in [-0.05, 0) is 36.4 Å². The van der Waals surface area contributed by atoms with Crippen molar-refractivity contribution >= 4 is 33.2 Å². The van der Waals surface area contributed by atoms with Crippen LogP contribution in [0.4, 0.5) is 11.4 Å². The highest BCUT2D eigenvalue weighted by Crippen LogP contribution is 2.34. The van der Waals surface area contributed by atoms with Crippen LogP contribution < -0.4 is 4.72 Å². The molecule has 3 aromatic carbocycles. The number of sulfonamides is 1. The Kier molecular flexibility index (Phi) is 5.24. The zero-order chi connectivity index (χ0) is 18.6. The average molecular weight is 386 g/mol. The van der Waals surface area contributed by atoms with Crippen molar-refractivity contribution in [1.29, 1.82) is 0 Å². The Bertz CT molecular complexity index is 1020. The van der Waals surface area contributed by atoms with Crippen molar-refractivity contribution in [3.05, 3.63) is 89.0 Å². The van der Waals surface area contributed by atoms with Gasteiger partial charge in [0.05, 0.1) is 4.92 Å². The molecular weight excluding hydrogens is 372 g/mol. The van der Waals surface area contributed by atoms with Crippen LogP contribution in [0.3, 0.4) is 0 Å². The van der Waals surface area contributed by atoms with Gasteiger partial charge in [-0.1, -0.05) is 42.1 Å². The number of anilines is 1. The van der Waals surface area contributed by atoms with Crippen LogP contribution in [0, 0.1) is 10.1 Å². The number of rotatable bonds is 6. The molecule has 3 rings (SSSR count). The van der Waals surface area contributed by atoms with Crippen LogP contribution in [0.5, 0.6) is 0 Å². The number of para-hydroxylation sites is 1. The van der Waals surface area contributed by atoms with Crippen molar-refractivity contribution in [2.75, 3.05) is 4.72 Å². The third-order valence-electron chi connectivity index (χ3n) is 3.44. The molecule has 0 amide bonds. The zero-order valence-corrected chi connectivity index (χ0v) is 15.0. The number of nitrogens with zero attached hydrogens (tertiary/aromatic N) is 1. The van der Waals surface area contributed by atoms with E-state index in [9.17, 15) is 18.5 Å². The van der Waals surface area contributed by atoms with Crippen molar-refractivity contribution in [1.82, 2.24) is 0 Å². The predicted octanol–water partition coefficient (Wildman–Crippen LogP) is 4.55. The van der Waals surface area contributed by atoms with Crippen molar-refractivity contribution < 1.29 is 13.3 Å². The SMILES string of the molecule is O=[N+]([O-])c1ccc(Sc2ccccc2S(=O)(=O)Nc2ccccc2)cc1. The quantitative estimate of drug-likeness (QED) is 0.496. The maximum atomic E-state index is 12.7. The van der Waals surface area contributed by atoms with Crippen LogP contribution in [0.25, 0.3) is 0 Å². The van der Waals surface area contributed by atoms with E-state index in [4.69, 9.17) is 0 Å². The molecule has 0 aliphatic carbocycles. The van der Waals surface area contributed by atoms with E-state index in [0.717, 1.165) is 0 Å². The molecule has 1 N–H and O–H groups in total. The Morgan fingerprint density at radius 3 is 2.12 bits per heavy atom. The average Bonchev–Trinajstić information content (AvgIpc) is 2.63. The van der Waals surface area contributed by atoms with Gasteiger partial charge in [0.25, 0.3) is 15.7 Å². The second-order valence-corrected chi connectivity index (χ2v) is 8.04. The molecule has 0 bridgehead atoms. The molecule has 26 heavy (non-hydrogen) atoms. The van der Waals surface area contributed by atoms with Crippen molar-refractivity contribution in [2.24, 2.45) is 0 Å². The van der Waals surface area contributed by atoms with Gasteiger partial charge in [-0.3, -0.25) is 14.8 Å². The second-order valence-electron chi connectivity index (χ2n) is 5.27. The molecule has 3 aromatic rings. The molecule has 0 spiro atoms. The van der Waals surface area contributed by atoms with Crippen LogP contribution in [0.2, 0.25) is 0 Å². The van der Waals surface area contributed by atoms with Gasteiger partial charge in [-0.15, -0.1) is 0 Å². The summed E-state index contributed by atoms with van der Waals surface area (Å²) in [6, 6.07) is 21.2. The highest BCUT2D eigenvalue weighted by molar-refractivity contribution is 8.00. The van der Waals surface area contributed by atoms with E-state index in [1.54, 1.807) is 60.7 Å². The van der Waals surface area contributed by atoms with Gasteiger partial charge < -0.3 is 0 Å². The number of nitro groups is 1. The molecular formula is C18H14N2O4S2. The maximum absolute atomic E-state index is 12.7. The molecule has 0 fully saturated rings. The minimum absolute atomic E-state index is 0.0130. The summed E-state index contributed by atoms with van der Waals surface area (Å²) in [6.07, 6.45) is 0. The second kappa shape index (κ2) is 7.59. The molecule has 0 aliphatic rings. The Labute approximate surface area is 155 Å². The summed E-state index contributed by atoms with van der Waals surface area (Å²) in [5, 5.41) is 10.7. The number of benzene rings is 3. The van der Waals surface area contributed by atoms with Crippen molar-refractivity contribution in [2.45, 2.75) is 14.7 Å². The Balaban J connectivity index is 1.89. The number of nitro benzene ring substituents is 1. The van der Waals surface area contributed by atoms with Gasteiger partial charge in [0, 0.05) is 27.6 Å². The minimum atomic E-state index is -3.76. The fourth-order valence-corrected chi connectivity index (χ4v) is 4.68. The van der Waals surface area contributed by atoms with Crippen LogP contribution in [-0.4, -0.2) is 13.3 Å². The fourth-order valence-electron chi connectivity index (χ4n) is 2.24. The van der Waals surface area contributed by atoms with Crippen LogP contribution in [0.15, 0.2) is 93.5 Å². The lowest BCUT2D eigenvalue weighted by molar-refractivity contribution is -0.384.